The summed E-state index contributed by atoms with van der Waals surface area (Å²) in [6.07, 6.45) is 3.45. The Bertz CT molecular complexity index is 488. The van der Waals surface area contributed by atoms with Gasteiger partial charge >= 0.3 is 0 Å². The van der Waals surface area contributed by atoms with Crippen LogP contribution in [0.3, 0.4) is 0 Å². The molecule has 4 nitrogen and oxygen atoms in total. The smallest absolute Gasteiger partial charge is 0.147 e. The van der Waals surface area contributed by atoms with Crippen LogP contribution >= 0.6 is 0 Å². The summed E-state index contributed by atoms with van der Waals surface area (Å²) in [5.41, 5.74) is 8.38. The number of hydrogen-bond acceptors (Lipinski definition) is 4. The van der Waals surface area contributed by atoms with Crippen LogP contribution in [0, 0.1) is 31.1 Å². The largest absolute Gasteiger partial charge is 0.355 e. The highest BCUT2D eigenvalue weighted by molar-refractivity contribution is 5.58. The standard InChI is InChI=1S/C15H22N4/c1-11-8-12(2)18-15(14(11)9-17)19-7-3-4-13(10-19)5-6-16/h8,13H,3-7,10,16H2,1-2H3. The van der Waals surface area contributed by atoms with Crippen LogP contribution in [0.4, 0.5) is 5.82 Å². The molecule has 0 saturated carbocycles. The predicted molar refractivity (Wildman–Crippen MR) is 77.0 cm³/mol. The van der Waals surface area contributed by atoms with Gasteiger partial charge < -0.3 is 10.6 Å². The molecular formula is C15H22N4. The molecule has 2 rings (SSSR count). The zero-order valence-electron chi connectivity index (χ0n) is 11.8. The Kier molecular flexibility index (Phi) is 4.39. The maximum Gasteiger partial charge on any atom is 0.147 e. The van der Waals surface area contributed by atoms with Crippen LogP contribution in [0.25, 0.3) is 0 Å². The lowest BCUT2D eigenvalue weighted by molar-refractivity contribution is 0.394. The fraction of sp³-hybridized carbons (Fsp3) is 0.600. The van der Waals surface area contributed by atoms with E-state index in [9.17, 15) is 5.26 Å². The average Bonchev–Trinajstić information content (AvgIpc) is 2.38. The molecule has 2 N–H and O–H groups in total. The minimum Gasteiger partial charge on any atom is -0.355 e. The molecule has 1 fully saturated rings. The van der Waals surface area contributed by atoms with Crippen molar-refractivity contribution >= 4 is 5.82 Å². The summed E-state index contributed by atoms with van der Waals surface area (Å²) in [4.78, 5) is 6.86. The zero-order chi connectivity index (χ0) is 13.8. The summed E-state index contributed by atoms with van der Waals surface area (Å²) in [5, 5.41) is 9.35. The highest BCUT2D eigenvalue weighted by atomic mass is 15.2. The monoisotopic (exact) mass is 258 g/mol. The molecule has 0 bridgehead atoms. The van der Waals surface area contributed by atoms with E-state index in [1.54, 1.807) is 0 Å². The summed E-state index contributed by atoms with van der Waals surface area (Å²) < 4.78 is 0. The second kappa shape index (κ2) is 6.03. The van der Waals surface area contributed by atoms with E-state index in [1.807, 2.05) is 19.9 Å². The molecule has 2 heterocycles. The lowest BCUT2D eigenvalue weighted by Gasteiger charge is -2.34. The lowest BCUT2D eigenvalue weighted by Crippen LogP contribution is -2.37. The van der Waals surface area contributed by atoms with Crippen LogP contribution in [0.5, 0.6) is 0 Å². The fourth-order valence-corrected chi connectivity index (χ4v) is 2.91. The van der Waals surface area contributed by atoms with Gasteiger partial charge in [0.05, 0.1) is 5.56 Å². The number of aryl methyl sites for hydroxylation is 2. The number of nitriles is 1. The highest BCUT2D eigenvalue weighted by Crippen LogP contribution is 2.27. The molecule has 0 radical (unpaired) electrons. The third kappa shape index (κ3) is 3.05. The van der Waals surface area contributed by atoms with E-state index in [-0.39, 0.29) is 0 Å². The number of rotatable bonds is 3. The summed E-state index contributed by atoms with van der Waals surface area (Å²) >= 11 is 0. The molecule has 4 heteroatoms. The molecule has 0 amide bonds. The van der Waals surface area contributed by atoms with E-state index in [0.29, 0.717) is 5.92 Å². The number of pyridine rings is 1. The Labute approximate surface area is 115 Å². The molecule has 1 aromatic heterocycles. The van der Waals surface area contributed by atoms with Crippen LogP contribution in [-0.4, -0.2) is 24.6 Å². The summed E-state index contributed by atoms with van der Waals surface area (Å²) in [6.45, 7) is 6.67. The number of nitrogens with zero attached hydrogens (tertiary/aromatic N) is 3. The van der Waals surface area contributed by atoms with E-state index in [0.717, 1.165) is 55.1 Å². The summed E-state index contributed by atoms with van der Waals surface area (Å²) in [6, 6.07) is 4.28. The van der Waals surface area contributed by atoms with Crippen LogP contribution in [0.2, 0.25) is 0 Å². The number of aromatic nitrogens is 1. The molecule has 1 aromatic rings. The van der Waals surface area contributed by atoms with Crippen molar-refractivity contribution in [1.82, 2.24) is 4.98 Å². The normalized spacial score (nSPS) is 19.3. The number of nitrogens with two attached hydrogens (primary N) is 1. The van der Waals surface area contributed by atoms with Gasteiger partial charge in [0.25, 0.3) is 0 Å². The molecule has 102 valence electrons. The van der Waals surface area contributed by atoms with Crippen LogP contribution in [0.15, 0.2) is 6.07 Å². The van der Waals surface area contributed by atoms with E-state index in [4.69, 9.17) is 5.73 Å². The minimum absolute atomic E-state index is 0.632. The van der Waals surface area contributed by atoms with E-state index in [2.05, 4.69) is 16.0 Å². The second-order valence-electron chi connectivity index (χ2n) is 5.42. The maximum absolute atomic E-state index is 9.35. The molecular weight excluding hydrogens is 236 g/mol. The quantitative estimate of drug-likeness (QED) is 0.902. The molecule has 1 saturated heterocycles. The van der Waals surface area contributed by atoms with Gasteiger partial charge in [0.2, 0.25) is 0 Å². The third-order valence-electron chi connectivity index (χ3n) is 3.83. The van der Waals surface area contributed by atoms with Crippen molar-refractivity contribution in [2.75, 3.05) is 24.5 Å². The van der Waals surface area contributed by atoms with Crippen molar-refractivity contribution in [1.29, 1.82) is 5.26 Å². The first-order valence-corrected chi connectivity index (χ1v) is 6.99. The maximum atomic E-state index is 9.35. The van der Waals surface area contributed by atoms with Gasteiger partial charge in [0, 0.05) is 18.8 Å². The molecule has 1 aliphatic rings. The van der Waals surface area contributed by atoms with Gasteiger partial charge in [-0.1, -0.05) is 0 Å². The van der Waals surface area contributed by atoms with Gasteiger partial charge in [0.1, 0.15) is 11.9 Å². The fourth-order valence-electron chi connectivity index (χ4n) is 2.91. The van der Waals surface area contributed by atoms with Gasteiger partial charge in [-0.05, 0) is 57.2 Å². The highest BCUT2D eigenvalue weighted by Gasteiger charge is 2.23. The molecule has 1 unspecified atom stereocenters. The average molecular weight is 258 g/mol. The van der Waals surface area contributed by atoms with E-state index < -0.39 is 0 Å². The first-order chi connectivity index (χ1) is 9.15. The molecule has 1 atom stereocenters. The van der Waals surface area contributed by atoms with Gasteiger partial charge in [-0.15, -0.1) is 0 Å². The van der Waals surface area contributed by atoms with Crippen molar-refractivity contribution in [2.24, 2.45) is 11.7 Å². The van der Waals surface area contributed by atoms with Crippen molar-refractivity contribution in [2.45, 2.75) is 33.1 Å². The van der Waals surface area contributed by atoms with Gasteiger partial charge in [-0.25, -0.2) is 4.98 Å². The predicted octanol–water partition coefficient (Wildman–Crippen LogP) is 2.14. The molecule has 19 heavy (non-hydrogen) atoms. The zero-order valence-corrected chi connectivity index (χ0v) is 11.8. The van der Waals surface area contributed by atoms with Gasteiger partial charge in [-0.3, -0.25) is 0 Å². The lowest BCUT2D eigenvalue weighted by atomic mass is 9.94. The van der Waals surface area contributed by atoms with Crippen molar-refractivity contribution < 1.29 is 0 Å². The van der Waals surface area contributed by atoms with Crippen molar-refractivity contribution in [3.8, 4) is 6.07 Å². The Morgan fingerprint density at radius 1 is 1.53 bits per heavy atom. The topological polar surface area (TPSA) is 65.9 Å². The molecule has 0 aromatic carbocycles. The van der Waals surface area contributed by atoms with E-state index in [1.165, 1.54) is 6.42 Å². The van der Waals surface area contributed by atoms with Crippen LogP contribution in [0.1, 0.15) is 36.1 Å². The third-order valence-corrected chi connectivity index (χ3v) is 3.83. The minimum atomic E-state index is 0.632. The van der Waals surface area contributed by atoms with Gasteiger partial charge in [-0.2, -0.15) is 5.26 Å². The van der Waals surface area contributed by atoms with Crippen molar-refractivity contribution in [3.63, 3.8) is 0 Å². The van der Waals surface area contributed by atoms with E-state index >= 15 is 0 Å². The van der Waals surface area contributed by atoms with Crippen molar-refractivity contribution in [3.05, 3.63) is 22.9 Å². The molecule has 1 aliphatic heterocycles. The summed E-state index contributed by atoms with van der Waals surface area (Å²) in [7, 11) is 0. The van der Waals surface area contributed by atoms with Crippen LogP contribution < -0.4 is 10.6 Å². The van der Waals surface area contributed by atoms with Crippen LogP contribution in [-0.2, 0) is 0 Å². The number of hydrogen-bond donors (Lipinski definition) is 1. The second-order valence-corrected chi connectivity index (χ2v) is 5.42. The summed E-state index contributed by atoms with van der Waals surface area (Å²) in [5.74, 6) is 1.50. The Morgan fingerprint density at radius 2 is 2.32 bits per heavy atom. The van der Waals surface area contributed by atoms with Gasteiger partial charge in [0.15, 0.2) is 0 Å². The first-order valence-electron chi connectivity index (χ1n) is 6.99. The molecule has 0 aliphatic carbocycles. The number of anilines is 1. The SMILES string of the molecule is Cc1cc(C)c(C#N)c(N2CCCC(CCN)C2)n1. The Balaban J connectivity index is 2.28. The first kappa shape index (κ1) is 13.8. The molecule has 0 spiro atoms. The Morgan fingerprint density at radius 3 is 3.00 bits per heavy atom. The Hall–Kier alpha value is -1.60. The number of piperidine rings is 1.